The highest BCUT2D eigenvalue weighted by atomic mass is 16.3. The Morgan fingerprint density at radius 1 is 1.20 bits per heavy atom. The second kappa shape index (κ2) is 5.49. The zero-order valence-electron chi connectivity index (χ0n) is 11.9. The van der Waals surface area contributed by atoms with E-state index in [9.17, 15) is 9.59 Å². The van der Waals surface area contributed by atoms with Crippen LogP contribution in [-0.4, -0.2) is 36.9 Å². The first kappa shape index (κ1) is 14.3. The molecule has 0 spiro atoms. The average Bonchev–Trinajstić information content (AvgIpc) is 2.82. The van der Waals surface area contributed by atoms with Gasteiger partial charge < -0.3 is 15.0 Å². The molecule has 2 N–H and O–H groups in total. The zero-order valence-corrected chi connectivity index (χ0v) is 11.9. The minimum absolute atomic E-state index is 0.0367. The van der Waals surface area contributed by atoms with Crippen molar-refractivity contribution >= 4 is 17.1 Å². The van der Waals surface area contributed by atoms with Gasteiger partial charge in [0, 0.05) is 26.7 Å². The van der Waals surface area contributed by atoms with Gasteiger partial charge in [-0.1, -0.05) is 0 Å². The average molecular weight is 281 g/mol. The SMILES string of the molecule is CCn1c(=O)c2c(nc(NCCO)n2CC)n(C)c1=O. The van der Waals surface area contributed by atoms with Crippen molar-refractivity contribution in [2.45, 2.75) is 26.9 Å². The van der Waals surface area contributed by atoms with E-state index in [-0.39, 0.29) is 17.9 Å². The second-order valence-electron chi connectivity index (χ2n) is 4.39. The lowest BCUT2D eigenvalue weighted by molar-refractivity contribution is 0.310. The summed E-state index contributed by atoms with van der Waals surface area (Å²) in [5.41, 5.74) is 0.0420. The molecule has 110 valence electrons. The van der Waals surface area contributed by atoms with Crippen LogP contribution in [0.25, 0.3) is 11.2 Å². The Hall–Kier alpha value is -2.09. The highest BCUT2D eigenvalue weighted by molar-refractivity contribution is 5.74. The first-order chi connectivity index (χ1) is 9.56. The van der Waals surface area contributed by atoms with E-state index in [0.717, 1.165) is 0 Å². The molecular formula is C12H19N5O3. The van der Waals surface area contributed by atoms with Crippen LogP contribution in [0.1, 0.15) is 13.8 Å². The van der Waals surface area contributed by atoms with Crippen LogP contribution in [-0.2, 0) is 20.1 Å². The van der Waals surface area contributed by atoms with Crippen molar-refractivity contribution in [1.82, 2.24) is 18.7 Å². The van der Waals surface area contributed by atoms with Gasteiger partial charge in [0.1, 0.15) is 0 Å². The highest BCUT2D eigenvalue weighted by Gasteiger charge is 2.18. The molecule has 0 aliphatic carbocycles. The zero-order chi connectivity index (χ0) is 14.9. The molecule has 0 aliphatic rings. The largest absolute Gasteiger partial charge is 0.395 e. The maximum absolute atomic E-state index is 12.4. The number of fused-ring (bicyclic) bond motifs is 1. The predicted octanol–water partition coefficient (Wildman–Crippen LogP) is -0.659. The van der Waals surface area contributed by atoms with Crippen molar-refractivity contribution in [3.63, 3.8) is 0 Å². The van der Waals surface area contributed by atoms with Crippen LogP contribution >= 0.6 is 0 Å². The third kappa shape index (κ3) is 2.01. The summed E-state index contributed by atoms with van der Waals surface area (Å²) in [6, 6.07) is 0. The van der Waals surface area contributed by atoms with Crippen LogP contribution in [0.2, 0.25) is 0 Å². The first-order valence-corrected chi connectivity index (χ1v) is 6.61. The molecule has 8 nitrogen and oxygen atoms in total. The second-order valence-corrected chi connectivity index (χ2v) is 4.39. The van der Waals surface area contributed by atoms with E-state index in [2.05, 4.69) is 10.3 Å². The van der Waals surface area contributed by atoms with Gasteiger partial charge in [0.15, 0.2) is 11.2 Å². The van der Waals surface area contributed by atoms with E-state index in [1.807, 2.05) is 6.92 Å². The molecule has 0 saturated carbocycles. The van der Waals surface area contributed by atoms with Crippen LogP contribution in [0.4, 0.5) is 5.95 Å². The summed E-state index contributed by atoms with van der Waals surface area (Å²) in [6.45, 7) is 4.81. The minimum Gasteiger partial charge on any atom is -0.395 e. The Bertz CT molecular complexity index is 740. The number of hydrogen-bond acceptors (Lipinski definition) is 5. The van der Waals surface area contributed by atoms with E-state index in [4.69, 9.17) is 5.11 Å². The van der Waals surface area contributed by atoms with E-state index in [1.165, 1.54) is 9.13 Å². The Balaban J connectivity index is 2.84. The van der Waals surface area contributed by atoms with Gasteiger partial charge >= 0.3 is 5.69 Å². The fourth-order valence-electron chi connectivity index (χ4n) is 2.26. The molecule has 2 rings (SSSR count). The number of hydrogen-bond donors (Lipinski definition) is 2. The number of anilines is 1. The summed E-state index contributed by atoms with van der Waals surface area (Å²) in [7, 11) is 1.60. The normalized spacial score (nSPS) is 11.2. The topological polar surface area (TPSA) is 94.1 Å². The Morgan fingerprint density at radius 3 is 2.40 bits per heavy atom. The van der Waals surface area contributed by atoms with Crippen LogP contribution in [0, 0.1) is 0 Å². The number of aromatic nitrogens is 4. The van der Waals surface area contributed by atoms with E-state index >= 15 is 0 Å². The molecule has 0 radical (unpaired) electrons. The van der Waals surface area contributed by atoms with E-state index in [0.29, 0.717) is 36.7 Å². The number of aliphatic hydroxyl groups excluding tert-OH is 1. The van der Waals surface area contributed by atoms with Crippen LogP contribution < -0.4 is 16.6 Å². The standard InChI is InChI=1S/C12H19N5O3/c1-4-16-8-9(14-11(16)13-6-7-18)15(3)12(20)17(5-2)10(8)19/h18H,4-7H2,1-3H3,(H,13,14). The van der Waals surface area contributed by atoms with Crippen LogP contribution in [0.5, 0.6) is 0 Å². The number of aliphatic hydroxyl groups is 1. The molecule has 20 heavy (non-hydrogen) atoms. The molecule has 0 bridgehead atoms. The number of nitrogens with one attached hydrogen (secondary N) is 1. The van der Waals surface area contributed by atoms with Crippen molar-refractivity contribution in [3.8, 4) is 0 Å². The van der Waals surface area contributed by atoms with Crippen LogP contribution in [0.3, 0.4) is 0 Å². The van der Waals surface area contributed by atoms with Gasteiger partial charge in [-0.3, -0.25) is 13.9 Å². The van der Waals surface area contributed by atoms with E-state index in [1.54, 1.807) is 18.5 Å². The van der Waals surface area contributed by atoms with Crippen molar-refractivity contribution in [2.24, 2.45) is 7.05 Å². The fourth-order valence-corrected chi connectivity index (χ4v) is 2.26. The van der Waals surface area contributed by atoms with Crippen molar-refractivity contribution < 1.29 is 5.11 Å². The summed E-state index contributed by atoms with van der Waals surface area (Å²) in [5.74, 6) is 0.484. The maximum atomic E-state index is 12.4. The Morgan fingerprint density at radius 2 is 1.85 bits per heavy atom. The fraction of sp³-hybridized carbons (Fsp3) is 0.583. The molecule has 0 unspecified atom stereocenters. The van der Waals surface area contributed by atoms with Gasteiger partial charge in [-0.2, -0.15) is 4.98 Å². The molecule has 2 aromatic heterocycles. The molecule has 8 heteroatoms. The lowest BCUT2D eigenvalue weighted by Crippen LogP contribution is -2.39. The molecule has 0 aliphatic heterocycles. The summed E-state index contributed by atoms with van der Waals surface area (Å²) < 4.78 is 4.28. The predicted molar refractivity (Wildman–Crippen MR) is 76.2 cm³/mol. The maximum Gasteiger partial charge on any atom is 0.332 e. The van der Waals surface area contributed by atoms with Gasteiger partial charge in [0.25, 0.3) is 5.56 Å². The summed E-state index contributed by atoms with van der Waals surface area (Å²) in [5, 5.41) is 11.8. The summed E-state index contributed by atoms with van der Waals surface area (Å²) >= 11 is 0. The number of nitrogens with zero attached hydrogens (tertiary/aromatic N) is 4. The third-order valence-corrected chi connectivity index (χ3v) is 3.26. The lowest BCUT2D eigenvalue weighted by Gasteiger charge is -2.08. The monoisotopic (exact) mass is 281 g/mol. The Kier molecular flexibility index (Phi) is 3.93. The molecule has 0 saturated heterocycles. The molecule has 0 fully saturated rings. The lowest BCUT2D eigenvalue weighted by atomic mass is 10.4. The summed E-state index contributed by atoms with van der Waals surface area (Å²) in [4.78, 5) is 28.8. The van der Waals surface area contributed by atoms with Gasteiger partial charge in [-0.05, 0) is 13.8 Å². The highest BCUT2D eigenvalue weighted by Crippen LogP contribution is 2.14. The Labute approximate surface area is 115 Å². The van der Waals surface area contributed by atoms with Crippen LogP contribution in [0.15, 0.2) is 9.59 Å². The molecule has 0 amide bonds. The molecule has 2 aromatic rings. The van der Waals surface area contributed by atoms with E-state index < -0.39 is 0 Å². The smallest absolute Gasteiger partial charge is 0.332 e. The minimum atomic E-state index is -0.375. The molecular weight excluding hydrogens is 262 g/mol. The van der Waals surface area contributed by atoms with Gasteiger partial charge in [0.2, 0.25) is 5.95 Å². The van der Waals surface area contributed by atoms with Gasteiger partial charge in [0.05, 0.1) is 6.61 Å². The third-order valence-electron chi connectivity index (χ3n) is 3.26. The molecule has 2 heterocycles. The van der Waals surface area contributed by atoms with Crippen molar-refractivity contribution in [1.29, 1.82) is 0 Å². The number of rotatable bonds is 5. The summed E-state index contributed by atoms with van der Waals surface area (Å²) in [6.07, 6.45) is 0. The van der Waals surface area contributed by atoms with Gasteiger partial charge in [-0.25, -0.2) is 4.79 Å². The van der Waals surface area contributed by atoms with Crippen molar-refractivity contribution in [2.75, 3.05) is 18.5 Å². The number of aryl methyl sites for hydroxylation is 2. The van der Waals surface area contributed by atoms with Gasteiger partial charge in [-0.15, -0.1) is 0 Å². The van der Waals surface area contributed by atoms with Crippen molar-refractivity contribution in [3.05, 3.63) is 20.8 Å². The molecule has 0 aromatic carbocycles. The first-order valence-electron chi connectivity index (χ1n) is 6.61. The quantitative estimate of drug-likeness (QED) is 0.759. The molecule has 0 atom stereocenters. The number of imidazole rings is 1.